The summed E-state index contributed by atoms with van der Waals surface area (Å²) in [7, 11) is 0. The van der Waals surface area contributed by atoms with Crippen LogP contribution in [0.1, 0.15) is 38.5 Å². The van der Waals surface area contributed by atoms with Crippen LogP contribution in [0.2, 0.25) is 0 Å². The zero-order chi connectivity index (χ0) is 32.8. The largest absolute Gasteiger partial charge is 0.394 e. The van der Waals surface area contributed by atoms with Crippen molar-refractivity contribution in [2.24, 2.45) is 40.5 Å². The summed E-state index contributed by atoms with van der Waals surface area (Å²) in [5, 5.41) is 70.2. The van der Waals surface area contributed by atoms with Crippen LogP contribution >= 0.6 is 0 Å². The van der Waals surface area contributed by atoms with Gasteiger partial charge in [-0.1, -0.05) is 0 Å². The molecule has 260 valence electrons. The fourth-order valence-electron chi connectivity index (χ4n) is 7.63. The Labute approximate surface area is 262 Å². The summed E-state index contributed by atoms with van der Waals surface area (Å²) in [6.07, 6.45) is -8.43. The average molecular weight is 648 g/mol. The molecule has 14 atom stereocenters. The van der Waals surface area contributed by atoms with Gasteiger partial charge in [0.2, 0.25) is 0 Å². The number of nitrogens with two attached hydrogens (primary N) is 5. The second-order valence-corrected chi connectivity index (χ2v) is 14.0. The van der Waals surface area contributed by atoms with Gasteiger partial charge in [-0.3, -0.25) is 4.79 Å². The van der Waals surface area contributed by atoms with Crippen LogP contribution in [0.5, 0.6) is 0 Å². The minimum atomic E-state index is -1.69. The SMILES string of the molecule is NC1CC(CNCC2OC(C3C(N)CC(NC(=O)C4(O)CC(N)C4)C(OC4OC(CO)C(O)C(N)C4O)C3O)C(N)CC2O)C1. The fraction of sp³-hybridized carbons (Fsp3) is 0.964. The molecule has 5 rings (SSSR count). The minimum Gasteiger partial charge on any atom is -0.394 e. The third-order valence-corrected chi connectivity index (χ3v) is 10.4. The Hall–Kier alpha value is -1.13. The number of aliphatic hydroxyl groups excluding tert-OH is 5. The van der Waals surface area contributed by atoms with Crippen LogP contribution in [0.4, 0.5) is 0 Å². The zero-order valence-electron chi connectivity index (χ0n) is 25.4. The molecule has 3 saturated carbocycles. The fourth-order valence-corrected chi connectivity index (χ4v) is 7.63. The Morgan fingerprint density at radius 2 is 1.53 bits per heavy atom. The van der Waals surface area contributed by atoms with Gasteiger partial charge in [0.05, 0.1) is 43.1 Å². The molecule has 0 radical (unpaired) electrons. The maximum absolute atomic E-state index is 13.1. The van der Waals surface area contributed by atoms with E-state index in [1.165, 1.54) is 0 Å². The molecule has 17 nitrogen and oxygen atoms in total. The van der Waals surface area contributed by atoms with Crippen LogP contribution < -0.4 is 39.3 Å². The Morgan fingerprint density at radius 1 is 0.844 bits per heavy atom. The molecular weight excluding hydrogens is 594 g/mol. The molecule has 1 amide bonds. The van der Waals surface area contributed by atoms with Crippen molar-refractivity contribution in [1.29, 1.82) is 0 Å². The van der Waals surface area contributed by atoms with Crippen molar-refractivity contribution in [3.05, 3.63) is 0 Å². The highest BCUT2D eigenvalue weighted by molar-refractivity contribution is 5.86. The van der Waals surface area contributed by atoms with E-state index in [0.29, 0.717) is 12.5 Å². The molecule has 0 aromatic heterocycles. The lowest BCUT2D eigenvalue weighted by molar-refractivity contribution is -0.306. The number of hydrogen-bond acceptors (Lipinski definition) is 16. The van der Waals surface area contributed by atoms with Gasteiger partial charge in [-0.05, 0) is 38.1 Å². The first-order valence-corrected chi connectivity index (χ1v) is 16.0. The normalized spacial score (nSPS) is 52.0. The minimum absolute atomic E-state index is 0.0553. The summed E-state index contributed by atoms with van der Waals surface area (Å²) >= 11 is 0. The summed E-state index contributed by atoms with van der Waals surface area (Å²) in [5.41, 5.74) is 29.1. The molecule has 45 heavy (non-hydrogen) atoms. The lowest BCUT2D eigenvalue weighted by Crippen LogP contribution is -2.71. The van der Waals surface area contributed by atoms with E-state index in [1.54, 1.807) is 0 Å². The van der Waals surface area contributed by atoms with Gasteiger partial charge in [0.1, 0.15) is 30.0 Å². The summed E-state index contributed by atoms with van der Waals surface area (Å²) in [5.74, 6) is -1.09. The molecule has 5 fully saturated rings. The van der Waals surface area contributed by atoms with E-state index in [-0.39, 0.29) is 37.8 Å². The number of ether oxygens (including phenoxy) is 3. The van der Waals surface area contributed by atoms with Crippen LogP contribution in [0, 0.1) is 11.8 Å². The lowest BCUT2D eigenvalue weighted by Gasteiger charge is -2.52. The Kier molecular flexibility index (Phi) is 11.1. The van der Waals surface area contributed by atoms with Gasteiger partial charge < -0.3 is 84.2 Å². The monoisotopic (exact) mass is 647 g/mol. The van der Waals surface area contributed by atoms with Crippen molar-refractivity contribution in [3.63, 3.8) is 0 Å². The van der Waals surface area contributed by atoms with Crippen LogP contribution in [-0.4, -0.2) is 153 Å². The van der Waals surface area contributed by atoms with Gasteiger partial charge in [-0.2, -0.15) is 0 Å². The Bertz CT molecular complexity index is 1000. The summed E-state index contributed by atoms with van der Waals surface area (Å²) in [4.78, 5) is 13.1. The number of rotatable bonds is 10. The molecule has 5 aliphatic rings. The quantitative estimate of drug-likeness (QED) is 0.105. The van der Waals surface area contributed by atoms with E-state index in [0.717, 1.165) is 19.4 Å². The second-order valence-electron chi connectivity index (χ2n) is 14.0. The van der Waals surface area contributed by atoms with Crippen molar-refractivity contribution < 1.29 is 49.6 Å². The van der Waals surface area contributed by atoms with Crippen LogP contribution in [0.25, 0.3) is 0 Å². The van der Waals surface area contributed by atoms with Gasteiger partial charge in [-0.25, -0.2) is 0 Å². The van der Waals surface area contributed by atoms with Gasteiger partial charge in [0.25, 0.3) is 5.91 Å². The highest BCUT2D eigenvalue weighted by atomic mass is 16.7. The summed E-state index contributed by atoms with van der Waals surface area (Å²) in [6, 6.07) is -3.80. The molecular formula is C28H53N7O10. The zero-order valence-corrected chi connectivity index (χ0v) is 25.4. The number of hydrogen-bond donors (Lipinski definition) is 13. The molecule has 0 bridgehead atoms. The maximum Gasteiger partial charge on any atom is 0.252 e. The van der Waals surface area contributed by atoms with Gasteiger partial charge in [0.15, 0.2) is 6.29 Å². The third-order valence-electron chi connectivity index (χ3n) is 10.4. The standard InChI is InChI=1S/C28H53N7O10/c29-11-1-10(2-11)7-34-8-17-16(37)4-14(32)24(43-17)19-13(31)3-15(35-27(41)28(42)5-12(30)6-28)25(22(19)39)45-26-23(40)20(33)21(38)18(9-36)44-26/h10-26,34,36-40,42H,1-9,29-33H2,(H,35,41). The molecule has 2 heterocycles. The van der Waals surface area contributed by atoms with E-state index in [9.17, 15) is 35.4 Å². The van der Waals surface area contributed by atoms with Crippen molar-refractivity contribution in [2.45, 2.75) is 135 Å². The molecule has 2 aliphatic heterocycles. The van der Waals surface area contributed by atoms with Crippen LogP contribution in [0.15, 0.2) is 0 Å². The molecule has 17 heteroatoms. The molecule has 2 saturated heterocycles. The van der Waals surface area contributed by atoms with Crippen molar-refractivity contribution in [1.82, 2.24) is 10.6 Å². The second kappa shape index (κ2) is 14.2. The number of carbonyl (C=O) groups excluding carboxylic acids is 1. The highest BCUT2D eigenvalue weighted by Gasteiger charge is 2.55. The van der Waals surface area contributed by atoms with E-state index >= 15 is 0 Å². The van der Waals surface area contributed by atoms with E-state index in [1.807, 2.05) is 0 Å². The predicted molar refractivity (Wildman–Crippen MR) is 158 cm³/mol. The number of nitrogens with one attached hydrogen (secondary N) is 2. The third kappa shape index (κ3) is 7.33. The van der Waals surface area contributed by atoms with Crippen LogP contribution in [-0.2, 0) is 19.0 Å². The topological polar surface area (TPSA) is 320 Å². The maximum atomic E-state index is 13.1. The lowest BCUT2D eigenvalue weighted by atomic mass is 9.71. The predicted octanol–water partition coefficient (Wildman–Crippen LogP) is -6.64. The molecule has 0 aromatic carbocycles. The first-order chi connectivity index (χ1) is 21.2. The number of amides is 1. The first-order valence-electron chi connectivity index (χ1n) is 16.0. The Morgan fingerprint density at radius 3 is 2.16 bits per heavy atom. The van der Waals surface area contributed by atoms with E-state index < -0.39 is 103 Å². The number of aliphatic hydroxyl groups is 6. The van der Waals surface area contributed by atoms with Gasteiger partial charge in [-0.15, -0.1) is 0 Å². The smallest absolute Gasteiger partial charge is 0.252 e. The number of carbonyl (C=O) groups is 1. The molecule has 0 spiro atoms. The van der Waals surface area contributed by atoms with Gasteiger partial charge >= 0.3 is 0 Å². The first kappa shape index (κ1) is 35.2. The van der Waals surface area contributed by atoms with E-state index in [4.69, 9.17) is 42.9 Å². The molecule has 3 aliphatic carbocycles. The molecule has 18 N–H and O–H groups in total. The average Bonchev–Trinajstić information content (AvgIpc) is 2.95. The summed E-state index contributed by atoms with van der Waals surface area (Å²) in [6.45, 7) is 0.455. The van der Waals surface area contributed by atoms with E-state index in [2.05, 4.69) is 10.6 Å². The van der Waals surface area contributed by atoms with Gasteiger partial charge in [0, 0.05) is 49.5 Å². The van der Waals surface area contributed by atoms with Crippen LogP contribution in [0.3, 0.4) is 0 Å². The summed E-state index contributed by atoms with van der Waals surface area (Å²) < 4.78 is 18.0. The van der Waals surface area contributed by atoms with Crippen molar-refractivity contribution in [3.8, 4) is 0 Å². The highest BCUT2D eigenvalue weighted by Crippen LogP contribution is 2.38. The van der Waals surface area contributed by atoms with Crippen molar-refractivity contribution >= 4 is 5.91 Å². The molecule has 0 aromatic rings. The van der Waals surface area contributed by atoms with Crippen molar-refractivity contribution in [2.75, 3.05) is 19.7 Å². The Balaban J connectivity index is 1.33. The molecule has 14 unspecified atom stereocenters.